The molecular weight excluding hydrogens is 272 g/mol. The average Bonchev–Trinajstić information content (AvgIpc) is 1.37. The zero-order valence-corrected chi connectivity index (χ0v) is 7.50. The van der Waals surface area contributed by atoms with E-state index in [2.05, 4.69) is 6.26 Å². The Hall–Kier alpha value is 1.39. The van der Waals surface area contributed by atoms with Crippen molar-refractivity contribution in [3.63, 3.8) is 0 Å². The Morgan fingerprint density at radius 2 is 1.80 bits per heavy atom. The second-order valence-corrected chi connectivity index (χ2v) is 2.56. The molecule has 0 aliphatic carbocycles. The average molecular weight is 277 g/mol. The normalized spacial score (nSPS) is 6.00. The maximum atomic E-state index is 3.48. The van der Waals surface area contributed by atoms with E-state index in [0.29, 0.717) is 0 Å². The van der Waals surface area contributed by atoms with E-state index in [1.165, 1.54) is 10.8 Å². The zero-order valence-electron chi connectivity index (χ0n) is 2.93. The van der Waals surface area contributed by atoms with Gasteiger partial charge in [-0.3, -0.25) is 17.0 Å². The van der Waals surface area contributed by atoms with Gasteiger partial charge in [0.15, 0.2) is 0 Å². The van der Waals surface area contributed by atoms with Crippen LogP contribution in [0.15, 0.2) is 0 Å². The Bertz CT molecular complexity index is 9.61. The molecule has 32 valence electrons. The van der Waals surface area contributed by atoms with Crippen LogP contribution in [0.2, 0.25) is 0 Å². The molecule has 0 aliphatic heterocycles. The summed E-state index contributed by atoms with van der Waals surface area (Å²) in [5.74, 6) is 0. The first-order valence-electron chi connectivity index (χ1n) is 0.864. The minimum absolute atomic E-state index is 0. The standard InChI is InChI=1S/C2H5S2.W/c1-3-4-2;/h1H2,2H3;/q-1;. The van der Waals surface area contributed by atoms with Crippen LogP contribution in [-0.4, -0.2) is 6.26 Å². The summed E-state index contributed by atoms with van der Waals surface area (Å²) in [5, 5.41) is 0. The Balaban J connectivity index is 0. The van der Waals surface area contributed by atoms with Crippen LogP contribution in [-0.2, 0) is 21.1 Å². The summed E-state index contributed by atoms with van der Waals surface area (Å²) >= 11 is 0. The summed E-state index contributed by atoms with van der Waals surface area (Å²) in [7, 11) is 3.19. The molecule has 3 heteroatoms. The van der Waals surface area contributed by atoms with Crippen molar-refractivity contribution in [1.82, 2.24) is 0 Å². The van der Waals surface area contributed by atoms with E-state index in [-0.39, 0.29) is 21.1 Å². The van der Waals surface area contributed by atoms with Crippen LogP contribution in [0, 0.1) is 6.26 Å². The molecular formula is C2H5S2W-. The molecule has 0 aromatic heterocycles. The molecule has 0 atom stereocenters. The topological polar surface area (TPSA) is 0 Å². The van der Waals surface area contributed by atoms with E-state index >= 15 is 0 Å². The molecule has 0 amide bonds. The van der Waals surface area contributed by atoms with Crippen molar-refractivity contribution in [2.24, 2.45) is 0 Å². The first kappa shape index (κ1) is 9.63. The fourth-order valence-electron chi connectivity index (χ4n) is 0. The van der Waals surface area contributed by atoms with E-state index in [0.717, 1.165) is 0 Å². The fraction of sp³-hybridized carbons (Fsp3) is 0.500. The predicted molar refractivity (Wildman–Crippen MR) is 26.5 cm³/mol. The van der Waals surface area contributed by atoms with Crippen LogP contribution in [0.5, 0.6) is 0 Å². The Morgan fingerprint density at radius 1 is 1.60 bits per heavy atom. The summed E-state index contributed by atoms with van der Waals surface area (Å²) in [6, 6.07) is 0. The molecule has 0 spiro atoms. The van der Waals surface area contributed by atoms with Crippen molar-refractivity contribution in [2.75, 3.05) is 6.26 Å². The molecule has 0 unspecified atom stereocenters. The minimum Gasteiger partial charge on any atom is -0.287 e. The monoisotopic (exact) mass is 277 g/mol. The third-order valence-corrected chi connectivity index (χ3v) is 1.06. The zero-order chi connectivity index (χ0) is 3.41. The molecule has 0 aromatic rings. The SMILES string of the molecule is [CH2-]SSC.[W]. The van der Waals surface area contributed by atoms with E-state index in [1.54, 1.807) is 10.8 Å². The summed E-state index contributed by atoms with van der Waals surface area (Å²) in [6.45, 7) is 0. The number of hydrogen-bond acceptors (Lipinski definition) is 2. The molecule has 5 heavy (non-hydrogen) atoms. The van der Waals surface area contributed by atoms with E-state index in [4.69, 9.17) is 0 Å². The van der Waals surface area contributed by atoms with Gasteiger partial charge in [-0.15, -0.1) is 10.8 Å². The Labute approximate surface area is 55.1 Å². The summed E-state index contributed by atoms with van der Waals surface area (Å²) < 4.78 is 0. The van der Waals surface area contributed by atoms with Crippen molar-refractivity contribution < 1.29 is 21.1 Å². The van der Waals surface area contributed by atoms with E-state index in [9.17, 15) is 0 Å². The number of rotatable bonds is 1. The number of hydrogen-bond donors (Lipinski definition) is 0. The van der Waals surface area contributed by atoms with Crippen LogP contribution >= 0.6 is 21.6 Å². The largest absolute Gasteiger partial charge is 0.287 e. The molecule has 0 nitrogen and oxygen atoms in total. The molecule has 0 heterocycles. The molecule has 0 radical (unpaired) electrons. The molecule has 0 aromatic carbocycles. The molecule has 0 fully saturated rings. The van der Waals surface area contributed by atoms with Crippen LogP contribution in [0.3, 0.4) is 0 Å². The van der Waals surface area contributed by atoms with Gasteiger partial charge >= 0.3 is 0 Å². The van der Waals surface area contributed by atoms with Crippen LogP contribution in [0.25, 0.3) is 0 Å². The van der Waals surface area contributed by atoms with Crippen molar-refractivity contribution in [3.05, 3.63) is 6.26 Å². The smallest absolute Gasteiger partial charge is 0 e. The fourth-order valence-corrected chi connectivity index (χ4v) is 0. The van der Waals surface area contributed by atoms with Gasteiger partial charge < -0.3 is 0 Å². The molecule has 0 aliphatic rings. The molecule has 0 saturated carbocycles. The van der Waals surface area contributed by atoms with Crippen molar-refractivity contribution in [1.29, 1.82) is 0 Å². The van der Waals surface area contributed by atoms with Gasteiger partial charge in [0.2, 0.25) is 0 Å². The second-order valence-electron chi connectivity index (χ2n) is 0.285. The first-order valence-corrected chi connectivity index (χ1v) is 3.59. The minimum atomic E-state index is 0. The van der Waals surface area contributed by atoms with Gasteiger partial charge in [0.25, 0.3) is 0 Å². The molecule has 0 bridgehead atoms. The van der Waals surface area contributed by atoms with Gasteiger partial charge in [0.05, 0.1) is 0 Å². The first-order chi connectivity index (χ1) is 1.91. The summed E-state index contributed by atoms with van der Waals surface area (Å²) in [5.41, 5.74) is 0. The van der Waals surface area contributed by atoms with Crippen molar-refractivity contribution in [2.45, 2.75) is 0 Å². The van der Waals surface area contributed by atoms with Gasteiger partial charge in [-0.2, -0.15) is 0 Å². The van der Waals surface area contributed by atoms with Gasteiger partial charge in [0, 0.05) is 21.1 Å². The van der Waals surface area contributed by atoms with Gasteiger partial charge in [0.1, 0.15) is 0 Å². The molecule has 0 saturated heterocycles. The third-order valence-electron chi connectivity index (χ3n) is 0.118. The quantitative estimate of drug-likeness (QED) is 0.529. The van der Waals surface area contributed by atoms with Gasteiger partial charge in [-0.1, -0.05) is 0 Å². The summed E-state index contributed by atoms with van der Waals surface area (Å²) in [4.78, 5) is 0. The van der Waals surface area contributed by atoms with Crippen LogP contribution < -0.4 is 0 Å². The van der Waals surface area contributed by atoms with E-state index in [1.807, 2.05) is 6.26 Å². The Kier molecular flexibility index (Phi) is 17.4. The van der Waals surface area contributed by atoms with Crippen LogP contribution in [0.4, 0.5) is 0 Å². The second kappa shape index (κ2) is 9.04. The van der Waals surface area contributed by atoms with E-state index < -0.39 is 0 Å². The molecule has 0 N–H and O–H groups in total. The summed E-state index contributed by atoms with van der Waals surface area (Å²) in [6.07, 6.45) is 5.48. The Morgan fingerprint density at radius 3 is 1.80 bits per heavy atom. The third kappa shape index (κ3) is 10.8. The maximum absolute atomic E-state index is 3.48. The maximum Gasteiger partial charge on any atom is 0 e. The van der Waals surface area contributed by atoms with Crippen molar-refractivity contribution in [3.8, 4) is 0 Å². The molecule has 0 rings (SSSR count). The predicted octanol–water partition coefficient (Wildman–Crippen LogP) is 1.79. The van der Waals surface area contributed by atoms with Gasteiger partial charge in [-0.25, -0.2) is 0 Å². The van der Waals surface area contributed by atoms with Crippen LogP contribution in [0.1, 0.15) is 0 Å². The van der Waals surface area contributed by atoms with Crippen molar-refractivity contribution >= 4 is 21.6 Å². The van der Waals surface area contributed by atoms with Gasteiger partial charge in [-0.05, 0) is 6.26 Å².